The van der Waals surface area contributed by atoms with Crippen molar-refractivity contribution in [2.45, 2.75) is 26.2 Å². The van der Waals surface area contributed by atoms with Gasteiger partial charge in [0, 0.05) is 6.54 Å². The van der Waals surface area contributed by atoms with E-state index in [-0.39, 0.29) is 5.91 Å². The van der Waals surface area contributed by atoms with Gasteiger partial charge < -0.3 is 10.6 Å². The fourth-order valence-electron chi connectivity index (χ4n) is 1.13. The van der Waals surface area contributed by atoms with Crippen LogP contribution in [-0.4, -0.2) is 37.6 Å². The Balaban J connectivity index is 3.01. The molecule has 0 saturated heterocycles. The third-order valence-electron chi connectivity index (χ3n) is 1.86. The summed E-state index contributed by atoms with van der Waals surface area (Å²) >= 11 is 1.89. The summed E-state index contributed by atoms with van der Waals surface area (Å²) in [7, 11) is 0. The first-order valence-electron chi connectivity index (χ1n) is 5.27. The first kappa shape index (κ1) is 13.8. The maximum Gasteiger partial charge on any atom is 0.233 e. The second kappa shape index (κ2) is 10.9. The molecule has 14 heavy (non-hydrogen) atoms. The molecular formula is C10H22N2OS. The highest BCUT2D eigenvalue weighted by atomic mass is 32.2. The minimum atomic E-state index is 0.0941. The second-order valence-corrected chi connectivity index (χ2v) is 4.17. The van der Waals surface area contributed by atoms with Crippen molar-refractivity contribution in [3.05, 3.63) is 0 Å². The molecule has 0 aromatic carbocycles. The van der Waals surface area contributed by atoms with E-state index in [1.807, 2.05) is 18.7 Å². The van der Waals surface area contributed by atoms with Crippen LogP contribution in [0.15, 0.2) is 0 Å². The molecule has 0 rings (SSSR count). The standard InChI is InChI=1S/C10H22N2OS/c1-3-12-10(13)9-11-7-5-4-6-8-14-2/h11H,3-9H2,1-2H3,(H,12,13). The molecule has 84 valence electrons. The zero-order valence-electron chi connectivity index (χ0n) is 9.27. The van der Waals surface area contributed by atoms with E-state index in [2.05, 4.69) is 16.9 Å². The van der Waals surface area contributed by atoms with Crippen molar-refractivity contribution in [1.82, 2.24) is 10.6 Å². The number of carbonyl (C=O) groups excluding carboxylic acids is 1. The highest BCUT2D eigenvalue weighted by Crippen LogP contribution is 2.00. The van der Waals surface area contributed by atoms with Crippen molar-refractivity contribution >= 4 is 17.7 Å². The van der Waals surface area contributed by atoms with Crippen LogP contribution < -0.4 is 10.6 Å². The van der Waals surface area contributed by atoms with Gasteiger partial charge >= 0.3 is 0 Å². The molecule has 0 saturated carbocycles. The van der Waals surface area contributed by atoms with E-state index in [0.29, 0.717) is 13.1 Å². The highest BCUT2D eigenvalue weighted by Gasteiger charge is 1.96. The lowest BCUT2D eigenvalue weighted by Gasteiger charge is -2.04. The summed E-state index contributed by atoms with van der Waals surface area (Å²) in [5.41, 5.74) is 0. The Morgan fingerprint density at radius 1 is 1.29 bits per heavy atom. The summed E-state index contributed by atoms with van der Waals surface area (Å²) in [4.78, 5) is 11.0. The van der Waals surface area contributed by atoms with Gasteiger partial charge in [-0.25, -0.2) is 0 Å². The van der Waals surface area contributed by atoms with Crippen molar-refractivity contribution in [2.24, 2.45) is 0 Å². The summed E-state index contributed by atoms with van der Waals surface area (Å²) in [6, 6.07) is 0. The van der Waals surface area contributed by atoms with Crippen LogP contribution >= 0.6 is 11.8 Å². The van der Waals surface area contributed by atoms with Crippen LogP contribution in [0.5, 0.6) is 0 Å². The molecule has 0 spiro atoms. The van der Waals surface area contributed by atoms with Crippen molar-refractivity contribution in [1.29, 1.82) is 0 Å². The number of rotatable bonds is 9. The lowest BCUT2D eigenvalue weighted by atomic mass is 10.2. The molecule has 0 heterocycles. The van der Waals surface area contributed by atoms with Crippen LogP contribution in [0.4, 0.5) is 0 Å². The van der Waals surface area contributed by atoms with Gasteiger partial charge in [-0.15, -0.1) is 0 Å². The average Bonchev–Trinajstić information content (AvgIpc) is 2.17. The molecule has 0 radical (unpaired) electrons. The number of hydrogen-bond donors (Lipinski definition) is 2. The quantitative estimate of drug-likeness (QED) is 0.572. The fraction of sp³-hybridized carbons (Fsp3) is 0.900. The van der Waals surface area contributed by atoms with Gasteiger partial charge in [0.2, 0.25) is 5.91 Å². The van der Waals surface area contributed by atoms with E-state index in [0.717, 1.165) is 6.54 Å². The van der Waals surface area contributed by atoms with E-state index < -0.39 is 0 Å². The molecular weight excluding hydrogens is 196 g/mol. The van der Waals surface area contributed by atoms with Gasteiger partial charge in [-0.2, -0.15) is 11.8 Å². The number of likely N-dealkylation sites (N-methyl/N-ethyl adjacent to an activating group) is 1. The summed E-state index contributed by atoms with van der Waals surface area (Å²) < 4.78 is 0. The van der Waals surface area contributed by atoms with Crippen LogP contribution in [0.25, 0.3) is 0 Å². The predicted octanol–water partition coefficient (Wildman–Crippen LogP) is 1.25. The van der Waals surface area contributed by atoms with Gasteiger partial charge in [0.05, 0.1) is 6.54 Å². The summed E-state index contributed by atoms with van der Waals surface area (Å²) in [5.74, 6) is 1.34. The molecule has 0 aliphatic heterocycles. The molecule has 1 amide bonds. The number of unbranched alkanes of at least 4 members (excludes halogenated alkanes) is 2. The van der Waals surface area contributed by atoms with Crippen molar-refractivity contribution in [2.75, 3.05) is 31.6 Å². The van der Waals surface area contributed by atoms with Crippen LogP contribution in [0, 0.1) is 0 Å². The topological polar surface area (TPSA) is 41.1 Å². The van der Waals surface area contributed by atoms with E-state index >= 15 is 0 Å². The third kappa shape index (κ3) is 9.86. The molecule has 0 aromatic heterocycles. The number of carbonyl (C=O) groups is 1. The summed E-state index contributed by atoms with van der Waals surface area (Å²) in [6.45, 7) is 4.05. The maximum atomic E-state index is 11.0. The fourth-order valence-corrected chi connectivity index (χ4v) is 1.63. The zero-order chi connectivity index (χ0) is 10.6. The molecule has 0 aliphatic rings. The van der Waals surface area contributed by atoms with Crippen molar-refractivity contribution < 1.29 is 4.79 Å². The van der Waals surface area contributed by atoms with E-state index in [4.69, 9.17) is 0 Å². The smallest absolute Gasteiger partial charge is 0.233 e. The van der Waals surface area contributed by atoms with Crippen molar-refractivity contribution in [3.63, 3.8) is 0 Å². The predicted molar refractivity (Wildman–Crippen MR) is 63.8 cm³/mol. The monoisotopic (exact) mass is 218 g/mol. The lowest BCUT2D eigenvalue weighted by Crippen LogP contribution is -2.34. The van der Waals surface area contributed by atoms with E-state index in [9.17, 15) is 4.79 Å². The van der Waals surface area contributed by atoms with Crippen molar-refractivity contribution in [3.8, 4) is 0 Å². The van der Waals surface area contributed by atoms with Gasteiger partial charge in [0.1, 0.15) is 0 Å². The van der Waals surface area contributed by atoms with Gasteiger partial charge in [-0.3, -0.25) is 4.79 Å². The normalized spacial score (nSPS) is 10.1. The maximum absolute atomic E-state index is 11.0. The minimum Gasteiger partial charge on any atom is -0.355 e. The first-order valence-corrected chi connectivity index (χ1v) is 6.67. The van der Waals surface area contributed by atoms with Crippen LogP contribution in [0.1, 0.15) is 26.2 Å². The van der Waals surface area contributed by atoms with E-state index in [1.165, 1.54) is 25.0 Å². The van der Waals surface area contributed by atoms with Crippen LogP contribution in [-0.2, 0) is 4.79 Å². The number of hydrogen-bond acceptors (Lipinski definition) is 3. The SMILES string of the molecule is CCNC(=O)CNCCCCCSC. The Kier molecular flexibility index (Phi) is 10.7. The first-order chi connectivity index (χ1) is 6.81. The molecule has 0 atom stereocenters. The van der Waals surface area contributed by atoms with Gasteiger partial charge in [0.25, 0.3) is 0 Å². The molecule has 0 bridgehead atoms. The zero-order valence-corrected chi connectivity index (χ0v) is 10.1. The minimum absolute atomic E-state index is 0.0941. The van der Waals surface area contributed by atoms with Gasteiger partial charge in [-0.1, -0.05) is 6.42 Å². The summed E-state index contributed by atoms with van der Waals surface area (Å²) in [6.07, 6.45) is 5.83. The summed E-state index contributed by atoms with van der Waals surface area (Å²) in [5, 5.41) is 5.88. The Morgan fingerprint density at radius 3 is 2.71 bits per heavy atom. The van der Waals surface area contributed by atoms with Crippen LogP contribution in [0.3, 0.4) is 0 Å². The molecule has 0 fully saturated rings. The number of nitrogens with one attached hydrogen (secondary N) is 2. The Labute approximate surface area is 91.4 Å². The molecule has 4 heteroatoms. The largest absolute Gasteiger partial charge is 0.355 e. The molecule has 0 unspecified atom stereocenters. The number of amides is 1. The number of thioether (sulfide) groups is 1. The molecule has 2 N–H and O–H groups in total. The Morgan fingerprint density at radius 2 is 2.07 bits per heavy atom. The molecule has 3 nitrogen and oxygen atoms in total. The highest BCUT2D eigenvalue weighted by molar-refractivity contribution is 7.98. The Bertz CT molecular complexity index is 142. The lowest BCUT2D eigenvalue weighted by molar-refractivity contribution is -0.120. The van der Waals surface area contributed by atoms with E-state index in [1.54, 1.807) is 0 Å². The molecule has 0 aromatic rings. The molecule has 0 aliphatic carbocycles. The Hall–Kier alpha value is -0.220. The van der Waals surface area contributed by atoms with Crippen LogP contribution in [0.2, 0.25) is 0 Å². The second-order valence-electron chi connectivity index (χ2n) is 3.18. The van der Waals surface area contributed by atoms with Gasteiger partial charge in [0.15, 0.2) is 0 Å². The average molecular weight is 218 g/mol. The third-order valence-corrected chi connectivity index (χ3v) is 2.56. The van der Waals surface area contributed by atoms with Gasteiger partial charge in [-0.05, 0) is 38.3 Å².